The largest absolute Gasteiger partial charge is 0.484 e. The van der Waals surface area contributed by atoms with Crippen LogP contribution in [0.1, 0.15) is 33.6 Å². The number of nitro benzene ring substituents is 1. The molecule has 0 amide bonds. The molecule has 2 N–H and O–H groups in total. The number of anilines is 1. The van der Waals surface area contributed by atoms with Gasteiger partial charge in [-0.15, -0.1) is 0 Å². The number of nitrogens with one attached hydrogen (secondary N) is 1. The molecular weight excluding hydrogens is 260 g/mol. The molecule has 1 unspecified atom stereocenters. The Kier molecular flexibility index (Phi) is 6.24. The monoisotopic (exact) mass is 282 g/mol. The van der Waals surface area contributed by atoms with E-state index in [1.807, 2.05) is 20.8 Å². The van der Waals surface area contributed by atoms with Crippen LogP contribution in [0.2, 0.25) is 0 Å². The van der Waals surface area contributed by atoms with Crippen LogP contribution in [0.25, 0.3) is 0 Å². The van der Waals surface area contributed by atoms with Crippen molar-refractivity contribution in [3.8, 4) is 5.75 Å². The molecule has 0 aromatic heterocycles. The second kappa shape index (κ2) is 7.69. The maximum Gasteiger partial charge on any atom is 0.333 e. The van der Waals surface area contributed by atoms with E-state index in [1.165, 1.54) is 0 Å². The van der Waals surface area contributed by atoms with Crippen LogP contribution < -0.4 is 10.1 Å². The van der Waals surface area contributed by atoms with E-state index in [0.717, 1.165) is 6.42 Å². The van der Waals surface area contributed by atoms with Gasteiger partial charge in [-0.2, -0.15) is 0 Å². The van der Waals surface area contributed by atoms with E-state index in [9.17, 15) is 15.2 Å². The van der Waals surface area contributed by atoms with E-state index in [1.54, 1.807) is 18.2 Å². The van der Waals surface area contributed by atoms with Gasteiger partial charge >= 0.3 is 5.69 Å². The lowest BCUT2D eigenvalue weighted by atomic mass is 10.2. The number of hydrogen-bond acceptors (Lipinski definition) is 5. The van der Waals surface area contributed by atoms with Crippen LogP contribution in [-0.4, -0.2) is 28.8 Å². The molecule has 0 saturated heterocycles. The number of hydrogen-bond donors (Lipinski definition) is 2. The average molecular weight is 282 g/mol. The highest BCUT2D eigenvalue weighted by Gasteiger charge is 2.22. The van der Waals surface area contributed by atoms with Crippen molar-refractivity contribution in [2.45, 2.75) is 45.8 Å². The first-order chi connectivity index (χ1) is 9.45. The highest BCUT2D eigenvalue weighted by molar-refractivity contribution is 5.68. The molecule has 0 saturated carbocycles. The SMILES string of the molecule is CCCC(O)CNc1cccc(OC(C)C)c1[N+](=O)[O-]. The van der Waals surface area contributed by atoms with E-state index in [0.29, 0.717) is 12.1 Å². The summed E-state index contributed by atoms with van der Waals surface area (Å²) in [7, 11) is 0. The summed E-state index contributed by atoms with van der Waals surface area (Å²) in [5, 5.41) is 23.8. The fourth-order valence-electron chi connectivity index (χ4n) is 1.87. The minimum absolute atomic E-state index is 0.0927. The van der Waals surface area contributed by atoms with Gasteiger partial charge in [0.25, 0.3) is 0 Å². The predicted octanol–water partition coefficient (Wildman–Crippen LogP) is 2.95. The van der Waals surface area contributed by atoms with Crippen molar-refractivity contribution in [2.75, 3.05) is 11.9 Å². The van der Waals surface area contributed by atoms with Gasteiger partial charge < -0.3 is 15.2 Å². The number of benzene rings is 1. The number of para-hydroxylation sites is 1. The number of aliphatic hydroxyl groups is 1. The molecule has 0 aliphatic rings. The maximum absolute atomic E-state index is 11.2. The fourth-order valence-corrected chi connectivity index (χ4v) is 1.87. The third-order valence-corrected chi connectivity index (χ3v) is 2.69. The lowest BCUT2D eigenvalue weighted by molar-refractivity contribution is -0.385. The van der Waals surface area contributed by atoms with E-state index in [-0.39, 0.29) is 24.1 Å². The zero-order chi connectivity index (χ0) is 15.1. The number of aliphatic hydroxyl groups excluding tert-OH is 1. The smallest absolute Gasteiger partial charge is 0.333 e. The van der Waals surface area contributed by atoms with Crippen molar-refractivity contribution in [3.05, 3.63) is 28.3 Å². The molecule has 1 rings (SSSR count). The second-order valence-corrected chi connectivity index (χ2v) is 4.90. The first-order valence-electron chi connectivity index (χ1n) is 6.81. The standard InChI is InChI=1S/C14H22N2O4/c1-4-6-11(17)9-15-12-7-5-8-13(20-10(2)3)14(12)16(18)19/h5,7-8,10-11,15,17H,4,6,9H2,1-3H3. The first-order valence-corrected chi connectivity index (χ1v) is 6.81. The molecule has 1 atom stereocenters. The zero-order valence-electron chi connectivity index (χ0n) is 12.1. The molecule has 0 aliphatic heterocycles. The first kappa shape index (κ1) is 16.2. The minimum Gasteiger partial charge on any atom is -0.484 e. The summed E-state index contributed by atoms with van der Waals surface area (Å²) in [5.41, 5.74) is 0.271. The van der Waals surface area contributed by atoms with Gasteiger partial charge in [0.2, 0.25) is 0 Å². The van der Waals surface area contributed by atoms with Crippen molar-refractivity contribution in [1.82, 2.24) is 0 Å². The zero-order valence-corrected chi connectivity index (χ0v) is 12.1. The van der Waals surface area contributed by atoms with E-state index in [4.69, 9.17) is 4.74 Å². The molecule has 6 heteroatoms. The van der Waals surface area contributed by atoms with E-state index in [2.05, 4.69) is 5.32 Å². The van der Waals surface area contributed by atoms with Gasteiger partial charge in [-0.05, 0) is 32.4 Å². The molecule has 1 aromatic rings. The summed E-state index contributed by atoms with van der Waals surface area (Å²) in [4.78, 5) is 10.8. The summed E-state index contributed by atoms with van der Waals surface area (Å²) in [5.74, 6) is 0.236. The Labute approximate surface area is 118 Å². The number of ether oxygens (including phenoxy) is 1. The topological polar surface area (TPSA) is 84.6 Å². The van der Waals surface area contributed by atoms with Crippen LogP contribution in [0.3, 0.4) is 0 Å². The lowest BCUT2D eigenvalue weighted by Crippen LogP contribution is -2.19. The summed E-state index contributed by atoms with van der Waals surface area (Å²) >= 11 is 0. The van der Waals surface area contributed by atoms with E-state index >= 15 is 0 Å². The molecule has 0 spiro atoms. The van der Waals surface area contributed by atoms with Crippen molar-refractivity contribution in [2.24, 2.45) is 0 Å². The number of nitro groups is 1. The minimum atomic E-state index is -0.519. The van der Waals surface area contributed by atoms with Crippen molar-refractivity contribution >= 4 is 11.4 Å². The second-order valence-electron chi connectivity index (χ2n) is 4.90. The third kappa shape index (κ3) is 4.70. The molecule has 6 nitrogen and oxygen atoms in total. The Hall–Kier alpha value is -1.82. The summed E-state index contributed by atoms with van der Waals surface area (Å²) in [6, 6.07) is 4.88. The summed E-state index contributed by atoms with van der Waals surface area (Å²) in [6.45, 7) is 5.88. The van der Waals surface area contributed by atoms with Crippen LogP contribution >= 0.6 is 0 Å². The van der Waals surface area contributed by atoms with Gasteiger partial charge in [0.1, 0.15) is 5.69 Å². The van der Waals surface area contributed by atoms with Gasteiger partial charge in [0.15, 0.2) is 5.75 Å². The summed E-state index contributed by atoms with van der Waals surface area (Å²) < 4.78 is 5.46. The Balaban J connectivity index is 2.92. The molecule has 1 aromatic carbocycles. The highest BCUT2D eigenvalue weighted by atomic mass is 16.6. The Morgan fingerprint density at radius 2 is 2.15 bits per heavy atom. The van der Waals surface area contributed by atoms with Crippen LogP contribution in [0.15, 0.2) is 18.2 Å². The van der Waals surface area contributed by atoms with Gasteiger partial charge in [-0.1, -0.05) is 19.4 Å². The average Bonchev–Trinajstić information content (AvgIpc) is 2.35. The Morgan fingerprint density at radius 3 is 2.70 bits per heavy atom. The van der Waals surface area contributed by atoms with Crippen molar-refractivity contribution < 1.29 is 14.8 Å². The summed E-state index contributed by atoms with van der Waals surface area (Å²) in [6.07, 6.45) is 0.855. The molecule has 20 heavy (non-hydrogen) atoms. The molecule has 112 valence electrons. The molecule has 0 radical (unpaired) electrons. The van der Waals surface area contributed by atoms with Gasteiger partial charge in [-0.3, -0.25) is 10.1 Å². The highest BCUT2D eigenvalue weighted by Crippen LogP contribution is 2.35. The molecule has 0 aliphatic carbocycles. The van der Waals surface area contributed by atoms with Gasteiger partial charge in [0, 0.05) is 6.54 Å². The maximum atomic E-state index is 11.2. The lowest BCUT2D eigenvalue weighted by Gasteiger charge is -2.15. The normalized spacial score (nSPS) is 12.2. The molecular formula is C14H22N2O4. The van der Waals surface area contributed by atoms with Crippen LogP contribution in [0, 0.1) is 10.1 Å². The Morgan fingerprint density at radius 1 is 1.45 bits per heavy atom. The van der Waals surface area contributed by atoms with Crippen LogP contribution in [0.4, 0.5) is 11.4 Å². The van der Waals surface area contributed by atoms with Crippen LogP contribution in [-0.2, 0) is 0 Å². The van der Waals surface area contributed by atoms with Crippen molar-refractivity contribution in [3.63, 3.8) is 0 Å². The third-order valence-electron chi connectivity index (χ3n) is 2.69. The quantitative estimate of drug-likeness (QED) is 0.565. The van der Waals surface area contributed by atoms with Gasteiger partial charge in [-0.25, -0.2) is 0 Å². The van der Waals surface area contributed by atoms with Crippen LogP contribution in [0.5, 0.6) is 5.75 Å². The number of rotatable bonds is 8. The number of nitrogens with zero attached hydrogens (tertiary/aromatic N) is 1. The Bertz CT molecular complexity index is 449. The molecule has 0 heterocycles. The fraction of sp³-hybridized carbons (Fsp3) is 0.571. The predicted molar refractivity (Wildman–Crippen MR) is 78.3 cm³/mol. The van der Waals surface area contributed by atoms with E-state index < -0.39 is 11.0 Å². The molecule has 0 bridgehead atoms. The van der Waals surface area contributed by atoms with Crippen molar-refractivity contribution in [1.29, 1.82) is 0 Å². The van der Waals surface area contributed by atoms with Gasteiger partial charge in [0.05, 0.1) is 17.1 Å². The molecule has 0 fully saturated rings.